The smallest absolute Gasteiger partial charge is 0.261 e. The SMILES string of the molecule is CS(=O)(=O)O.Cc1ccc2c(Nc3ccc(NS(C)(=O)=O)cc3)c3ccccc3nc2c1C. The summed E-state index contributed by atoms with van der Waals surface area (Å²) in [7, 11) is -6.96. The van der Waals surface area contributed by atoms with Gasteiger partial charge in [0, 0.05) is 22.1 Å². The van der Waals surface area contributed by atoms with Gasteiger partial charge in [-0.25, -0.2) is 13.4 Å². The highest BCUT2D eigenvalue weighted by Gasteiger charge is 2.12. The fraction of sp³-hybridized carbons (Fsp3) is 0.174. The Labute approximate surface area is 193 Å². The third-order valence-electron chi connectivity index (χ3n) is 4.83. The van der Waals surface area contributed by atoms with Gasteiger partial charge >= 0.3 is 0 Å². The molecule has 0 atom stereocenters. The van der Waals surface area contributed by atoms with Crippen LogP contribution in [0.2, 0.25) is 0 Å². The molecule has 10 heteroatoms. The maximum Gasteiger partial charge on any atom is 0.261 e. The number of hydrogen-bond donors (Lipinski definition) is 3. The predicted molar refractivity (Wildman–Crippen MR) is 134 cm³/mol. The largest absolute Gasteiger partial charge is 0.354 e. The van der Waals surface area contributed by atoms with Crippen molar-refractivity contribution in [3.05, 3.63) is 71.8 Å². The molecule has 0 aliphatic carbocycles. The van der Waals surface area contributed by atoms with E-state index in [1.165, 1.54) is 11.1 Å². The van der Waals surface area contributed by atoms with Crippen molar-refractivity contribution in [1.82, 2.24) is 4.98 Å². The third kappa shape index (κ3) is 6.64. The highest BCUT2D eigenvalue weighted by atomic mass is 32.2. The molecular formula is C23H25N3O5S2. The van der Waals surface area contributed by atoms with Crippen molar-refractivity contribution < 1.29 is 21.4 Å². The Kier molecular flexibility index (Phi) is 6.92. The summed E-state index contributed by atoms with van der Waals surface area (Å²) in [5, 5.41) is 5.60. The molecule has 33 heavy (non-hydrogen) atoms. The third-order valence-corrected chi connectivity index (χ3v) is 5.44. The Hall–Kier alpha value is -3.21. The van der Waals surface area contributed by atoms with Crippen LogP contribution in [0.3, 0.4) is 0 Å². The molecule has 4 rings (SSSR count). The highest BCUT2D eigenvalue weighted by molar-refractivity contribution is 7.92. The average Bonchev–Trinajstić information content (AvgIpc) is 2.70. The molecule has 0 aliphatic rings. The second-order valence-electron chi connectivity index (χ2n) is 7.72. The second-order valence-corrected chi connectivity index (χ2v) is 10.9. The van der Waals surface area contributed by atoms with Gasteiger partial charge in [0.25, 0.3) is 10.1 Å². The van der Waals surface area contributed by atoms with Crippen molar-refractivity contribution in [1.29, 1.82) is 0 Å². The highest BCUT2D eigenvalue weighted by Crippen LogP contribution is 2.35. The van der Waals surface area contributed by atoms with Crippen LogP contribution in [-0.4, -0.2) is 38.9 Å². The number of hydrogen-bond acceptors (Lipinski definition) is 6. The molecule has 174 valence electrons. The number of pyridine rings is 1. The first-order chi connectivity index (χ1) is 15.3. The standard InChI is InChI=1S/C22H21N3O2S.CH4O3S/c1-14-8-13-19-21(15(14)2)24-20-7-5-4-6-18(20)22(19)23-16-9-11-17(12-10-16)25-28(3,26)27;1-5(2,3)4/h4-13,25H,1-3H3,(H,23,24);1H3,(H,2,3,4). The molecule has 1 heterocycles. The van der Waals surface area contributed by atoms with Crippen molar-refractivity contribution in [2.75, 3.05) is 22.6 Å². The van der Waals surface area contributed by atoms with E-state index in [9.17, 15) is 16.8 Å². The minimum absolute atomic E-state index is 0.531. The number of nitrogens with one attached hydrogen (secondary N) is 2. The molecule has 0 saturated carbocycles. The Morgan fingerprint density at radius 2 is 1.36 bits per heavy atom. The van der Waals surface area contributed by atoms with Gasteiger partial charge in [-0.05, 0) is 55.3 Å². The molecule has 0 bridgehead atoms. The molecule has 0 radical (unpaired) electrons. The first-order valence-corrected chi connectivity index (χ1v) is 13.6. The fourth-order valence-corrected chi connectivity index (χ4v) is 3.87. The zero-order valence-electron chi connectivity index (χ0n) is 18.6. The van der Waals surface area contributed by atoms with E-state index in [1.54, 1.807) is 12.1 Å². The molecule has 0 spiro atoms. The van der Waals surface area contributed by atoms with Gasteiger partial charge in [0.1, 0.15) is 0 Å². The van der Waals surface area contributed by atoms with Crippen LogP contribution in [0.15, 0.2) is 60.7 Å². The number of nitrogens with zero attached hydrogens (tertiary/aromatic N) is 1. The van der Waals surface area contributed by atoms with Gasteiger partial charge in [-0.1, -0.05) is 30.3 Å². The zero-order chi connectivity index (χ0) is 24.4. The predicted octanol–water partition coefficient (Wildman–Crippen LogP) is 4.62. The molecule has 0 fully saturated rings. The van der Waals surface area contributed by atoms with E-state index in [0.717, 1.165) is 39.4 Å². The van der Waals surface area contributed by atoms with E-state index in [2.05, 4.69) is 42.1 Å². The van der Waals surface area contributed by atoms with Crippen molar-refractivity contribution in [2.24, 2.45) is 0 Å². The number of benzene rings is 3. The lowest BCUT2D eigenvalue weighted by Crippen LogP contribution is -2.09. The van der Waals surface area contributed by atoms with E-state index in [0.29, 0.717) is 11.9 Å². The molecule has 8 nitrogen and oxygen atoms in total. The summed E-state index contributed by atoms with van der Waals surface area (Å²) in [6.07, 6.45) is 1.85. The molecule has 0 aliphatic heterocycles. The van der Waals surface area contributed by atoms with Crippen LogP contribution in [-0.2, 0) is 20.1 Å². The van der Waals surface area contributed by atoms with Crippen LogP contribution < -0.4 is 10.0 Å². The lowest BCUT2D eigenvalue weighted by molar-refractivity contribution is 0.490. The van der Waals surface area contributed by atoms with Gasteiger partial charge in [0.15, 0.2) is 0 Å². The number of aryl methyl sites for hydroxylation is 2. The summed E-state index contributed by atoms with van der Waals surface area (Å²) < 4.78 is 51.1. The minimum Gasteiger partial charge on any atom is -0.354 e. The summed E-state index contributed by atoms with van der Waals surface area (Å²) >= 11 is 0. The zero-order valence-corrected chi connectivity index (χ0v) is 20.3. The van der Waals surface area contributed by atoms with E-state index < -0.39 is 20.1 Å². The minimum atomic E-state index is -3.67. The van der Waals surface area contributed by atoms with Gasteiger partial charge in [-0.15, -0.1) is 0 Å². The lowest BCUT2D eigenvalue weighted by atomic mass is 10.0. The number of sulfonamides is 1. The molecule has 3 aromatic carbocycles. The van der Waals surface area contributed by atoms with Gasteiger partial charge in [-0.3, -0.25) is 9.27 Å². The van der Waals surface area contributed by atoms with Crippen LogP contribution in [0.5, 0.6) is 0 Å². The first-order valence-electron chi connectivity index (χ1n) is 9.88. The monoisotopic (exact) mass is 487 g/mol. The number of anilines is 3. The molecular weight excluding hydrogens is 462 g/mol. The Bertz CT molecular complexity index is 1520. The molecule has 0 saturated heterocycles. The van der Waals surface area contributed by atoms with Crippen molar-refractivity contribution in [3.63, 3.8) is 0 Å². The van der Waals surface area contributed by atoms with Gasteiger partial charge in [-0.2, -0.15) is 8.42 Å². The van der Waals surface area contributed by atoms with Crippen LogP contribution in [0.4, 0.5) is 17.1 Å². The van der Waals surface area contributed by atoms with E-state index >= 15 is 0 Å². The number of rotatable bonds is 4. The summed E-state index contributed by atoms with van der Waals surface area (Å²) in [5.74, 6) is 0. The van der Waals surface area contributed by atoms with Gasteiger partial charge in [0.2, 0.25) is 10.0 Å². The Morgan fingerprint density at radius 1 is 0.788 bits per heavy atom. The first kappa shape index (κ1) is 24.4. The Balaban J connectivity index is 0.000000555. The maximum atomic E-state index is 11.4. The average molecular weight is 488 g/mol. The summed E-state index contributed by atoms with van der Waals surface area (Å²) in [4.78, 5) is 4.88. The molecule has 3 N–H and O–H groups in total. The van der Waals surface area contributed by atoms with Crippen LogP contribution >= 0.6 is 0 Å². The normalized spacial score (nSPS) is 11.7. The Morgan fingerprint density at radius 3 is 1.97 bits per heavy atom. The lowest BCUT2D eigenvalue weighted by Gasteiger charge is -2.15. The van der Waals surface area contributed by atoms with Crippen molar-refractivity contribution >= 4 is 59.0 Å². The van der Waals surface area contributed by atoms with Gasteiger partial charge < -0.3 is 5.32 Å². The number of para-hydroxylation sites is 1. The van der Waals surface area contributed by atoms with Crippen molar-refractivity contribution in [3.8, 4) is 0 Å². The quantitative estimate of drug-likeness (QED) is 0.283. The van der Waals surface area contributed by atoms with Gasteiger partial charge in [0.05, 0.1) is 29.2 Å². The molecule has 1 aromatic heterocycles. The number of fused-ring (bicyclic) bond motifs is 2. The molecule has 0 unspecified atom stereocenters. The van der Waals surface area contributed by atoms with Crippen molar-refractivity contribution in [2.45, 2.75) is 13.8 Å². The van der Waals surface area contributed by atoms with E-state index in [-0.39, 0.29) is 0 Å². The molecule has 0 amide bonds. The second kappa shape index (κ2) is 9.34. The summed E-state index contributed by atoms with van der Waals surface area (Å²) in [5.41, 5.74) is 6.68. The number of aromatic nitrogens is 1. The van der Waals surface area contributed by atoms with E-state index in [4.69, 9.17) is 9.54 Å². The van der Waals surface area contributed by atoms with Crippen LogP contribution in [0, 0.1) is 13.8 Å². The van der Waals surface area contributed by atoms with E-state index in [1.807, 2.05) is 30.3 Å². The maximum absolute atomic E-state index is 11.4. The topological polar surface area (TPSA) is 125 Å². The van der Waals surface area contributed by atoms with Crippen LogP contribution in [0.1, 0.15) is 11.1 Å². The molecule has 4 aromatic rings. The summed E-state index contributed by atoms with van der Waals surface area (Å²) in [6.45, 7) is 4.18. The fourth-order valence-electron chi connectivity index (χ4n) is 3.31. The van der Waals surface area contributed by atoms with Crippen LogP contribution in [0.25, 0.3) is 21.8 Å². The summed E-state index contributed by atoms with van der Waals surface area (Å²) in [6, 6.07) is 19.5.